The molecule has 0 bridgehead atoms. The Morgan fingerprint density at radius 3 is 2.50 bits per heavy atom. The number of nitrogens with zero attached hydrogens (tertiary/aromatic N) is 4. The molecule has 5 heteroatoms. The van der Waals surface area contributed by atoms with Gasteiger partial charge in [-0.3, -0.25) is 0 Å². The first kappa shape index (κ1) is 5.02. The lowest BCUT2D eigenvalue weighted by atomic mass is 11.1. The lowest BCUT2D eigenvalue weighted by molar-refractivity contribution is -0.806. The number of aryl methyl sites for hydroxylation is 2. The molecule has 2 N–H and O–H groups in total. The van der Waals surface area contributed by atoms with Gasteiger partial charge < -0.3 is 5.73 Å². The van der Waals surface area contributed by atoms with Crippen LogP contribution in [0.2, 0.25) is 0 Å². The minimum atomic E-state index is 0.301. The summed E-state index contributed by atoms with van der Waals surface area (Å²) in [5.74, 6) is 0.301. The van der Waals surface area contributed by atoms with E-state index in [4.69, 9.17) is 5.73 Å². The molecular formula is C3H8N5+. The Labute approximate surface area is 46.7 Å². The van der Waals surface area contributed by atoms with Gasteiger partial charge in [0.05, 0.1) is 12.1 Å². The van der Waals surface area contributed by atoms with Crippen molar-refractivity contribution in [1.29, 1.82) is 0 Å². The number of anilines is 1. The molecule has 1 aromatic rings. The second kappa shape index (κ2) is 1.43. The van der Waals surface area contributed by atoms with E-state index in [2.05, 4.69) is 10.2 Å². The molecule has 0 aromatic carbocycles. The van der Waals surface area contributed by atoms with Crippen LogP contribution in [-0.2, 0) is 14.1 Å². The lowest BCUT2D eigenvalue weighted by Crippen LogP contribution is -2.40. The number of tetrazole rings is 1. The van der Waals surface area contributed by atoms with Gasteiger partial charge in [0.2, 0.25) is 0 Å². The van der Waals surface area contributed by atoms with Crippen LogP contribution in [0.5, 0.6) is 0 Å². The highest BCUT2D eigenvalue weighted by atomic mass is 15.7. The van der Waals surface area contributed by atoms with Gasteiger partial charge in [0.15, 0.2) is 0 Å². The molecule has 0 aliphatic carbocycles. The molecule has 0 spiro atoms. The van der Waals surface area contributed by atoms with E-state index < -0.39 is 0 Å². The van der Waals surface area contributed by atoms with Crippen molar-refractivity contribution in [3.05, 3.63) is 0 Å². The average molecular weight is 114 g/mol. The summed E-state index contributed by atoms with van der Waals surface area (Å²) in [6, 6.07) is 0. The highest BCUT2D eigenvalue weighted by Crippen LogP contribution is 1.75. The SMILES string of the molecule is Cn1nc(N)n[n+]1C. The molecule has 1 aromatic heterocycles. The van der Waals surface area contributed by atoms with Crippen LogP contribution in [0.15, 0.2) is 0 Å². The summed E-state index contributed by atoms with van der Waals surface area (Å²) in [6.45, 7) is 0. The van der Waals surface area contributed by atoms with Crippen LogP contribution in [0.1, 0.15) is 0 Å². The number of aromatic nitrogens is 4. The first-order valence-corrected chi connectivity index (χ1v) is 2.23. The van der Waals surface area contributed by atoms with Crippen molar-refractivity contribution in [3.8, 4) is 0 Å². The Balaban J connectivity index is 3.14. The Kier molecular flexibility index (Phi) is 0.896. The zero-order chi connectivity index (χ0) is 6.15. The predicted octanol–water partition coefficient (Wildman–Crippen LogP) is -1.78. The molecule has 1 rings (SSSR count). The molecule has 0 radical (unpaired) electrons. The van der Waals surface area contributed by atoms with Gasteiger partial charge in [-0.05, 0) is 4.80 Å². The zero-order valence-corrected chi connectivity index (χ0v) is 4.87. The molecule has 0 saturated carbocycles. The quantitative estimate of drug-likeness (QED) is 0.406. The van der Waals surface area contributed by atoms with Crippen molar-refractivity contribution in [2.24, 2.45) is 14.1 Å². The highest BCUT2D eigenvalue weighted by Gasteiger charge is 2.04. The van der Waals surface area contributed by atoms with Crippen LogP contribution in [0.3, 0.4) is 0 Å². The monoisotopic (exact) mass is 114 g/mol. The molecular weight excluding hydrogens is 106 g/mol. The average Bonchev–Trinajstić information content (AvgIpc) is 1.85. The first-order chi connectivity index (χ1) is 3.70. The highest BCUT2D eigenvalue weighted by molar-refractivity contribution is 5.04. The fourth-order valence-electron chi connectivity index (χ4n) is 0.446. The van der Waals surface area contributed by atoms with Crippen molar-refractivity contribution in [2.75, 3.05) is 5.73 Å². The van der Waals surface area contributed by atoms with Crippen LogP contribution in [0.25, 0.3) is 0 Å². The van der Waals surface area contributed by atoms with Gasteiger partial charge in [-0.2, -0.15) is 0 Å². The number of rotatable bonds is 0. The van der Waals surface area contributed by atoms with Gasteiger partial charge in [-0.15, -0.1) is 0 Å². The predicted molar refractivity (Wildman–Crippen MR) is 26.6 cm³/mol. The Hall–Kier alpha value is -1.13. The maximum absolute atomic E-state index is 5.22. The number of hydrogen-bond donors (Lipinski definition) is 1. The fraction of sp³-hybridized carbons (Fsp3) is 0.667. The number of nitrogens with two attached hydrogens (primary N) is 1. The van der Waals surface area contributed by atoms with Gasteiger partial charge in [0.1, 0.15) is 7.05 Å². The van der Waals surface area contributed by atoms with Crippen molar-refractivity contribution >= 4 is 5.95 Å². The third-order valence-electron chi connectivity index (χ3n) is 0.913. The Morgan fingerprint density at radius 2 is 2.38 bits per heavy atom. The molecule has 0 fully saturated rings. The molecule has 8 heavy (non-hydrogen) atoms. The van der Waals surface area contributed by atoms with E-state index in [0.29, 0.717) is 5.95 Å². The van der Waals surface area contributed by atoms with E-state index in [1.54, 1.807) is 23.7 Å². The summed E-state index contributed by atoms with van der Waals surface area (Å²) in [4.78, 5) is 3.10. The second-order valence-electron chi connectivity index (χ2n) is 1.54. The third-order valence-corrected chi connectivity index (χ3v) is 0.913. The summed E-state index contributed by atoms with van der Waals surface area (Å²) in [7, 11) is 3.53. The van der Waals surface area contributed by atoms with E-state index in [0.717, 1.165) is 0 Å². The van der Waals surface area contributed by atoms with Crippen molar-refractivity contribution < 1.29 is 4.80 Å². The molecule has 0 aliphatic heterocycles. The Bertz CT molecular complexity index is 170. The van der Waals surface area contributed by atoms with E-state index >= 15 is 0 Å². The standard InChI is InChI=1S/C3H8N5/c1-7-5-3(4)6-8(7)2/h1-2H3,(H2,4,5,6)/q+1. The second-order valence-corrected chi connectivity index (χ2v) is 1.54. The number of nitrogen functional groups attached to an aromatic ring is 1. The van der Waals surface area contributed by atoms with Crippen molar-refractivity contribution in [1.82, 2.24) is 15.0 Å². The summed E-state index contributed by atoms with van der Waals surface area (Å²) >= 11 is 0. The number of hydrogen-bond acceptors (Lipinski definition) is 3. The molecule has 1 heterocycles. The third kappa shape index (κ3) is 0.617. The van der Waals surface area contributed by atoms with E-state index in [-0.39, 0.29) is 0 Å². The van der Waals surface area contributed by atoms with Gasteiger partial charge in [-0.25, -0.2) is 0 Å². The molecule has 0 unspecified atom stereocenters. The Morgan fingerprint density at radius 1 is 1.75 bits per heavy atom. The normalized spacial score (nSPS) is 9.75. The maximum Gasteiger partial charge on any atom is 0.398 e. The van der Waals surface area contributed by atoms with Gasteiger partial charge in [0.25, 0.3) is 0 Å². The zero-order valence-electron chi connectivity index (χ0n) is 4.87. The molecule has 0 aliphatic rings. The fourth-order valence-corrected chi connectivity index (χ4v) is 0.446. The largest absolute Gasteiger partial charge is 0.398 e. The maximum atomic E-state index is 5.22. The van der Waals surface area contributed by atoms with Crippen LogP contribution in [0.4, 0.5) is 5.95 Å². The first-order valence-electron chi connectivity index (χ1n) is 2.23. The van der Waals surface area contributed by atoms with Gasteiger partial charge >= 0.3 is 5.95 Å². The molecule has 5 nitrogen and oxygen atoms in total. The molecule has 44 valence electrons. The summed E-state index contributed by atoms with van der Waals surface area (Å²) in [5, 5.41) is 7.51. The summed E-state index contributed by atoms with van der Waals surface area (Å²) < 4.78 is 0. The molecule has 0 atom stereocenters. The van der Waals surface area contributed by atoms with E-state index in [9.17, 15) is 0 Å². The van der Waals surface area contributed by atoms with Crippen LogP contribution >= 0.6 is 0 Å². The summed E-state index contributed by atoms with van der Waals surface area (Å²) in [6.07, 6.45) is 0. The van der Waals surface area contributed by atoms with Crippen molar-refractivity contribution in [3.63, 3.8) is 0 Å². The van der Waals surface area contributed by atoms with E-state index in [1.807, 2.05) is 0 Å². The van der Waals surface area contributed by atoms with Crippen LogP contribution < -0.4 is 10.5 Å². The molecule has 0 saturated heterocycles. The lowest BCUT2D eigenvalue weighted by Gasteiger charge is -1.76. The minimum Gasteiger partial charge on any atom is -0.342 e. The summed E-state index contributed by atoms with van der Waals surface area (Å²) in [5.41, 5.74) is 5.22. The van der Waals surface area contributed by atoms with Gasteiger partial charge in [-0.1, -0.05) is 4.80 Å². The van der Waals surface area contributed by atoms with Crippen molar-refractivity contribution in [2.45, 2.75) is 0 Å². The van der Waals surface area contributed by atoms with Gasteiger partial charge in [0, 0.05) is 5.10 Å². The van der Waals surface area contributed by atoms with Crippen LogP contribution in [-0.4, -0.2) is 15.0 Å². The smallest absolute Gasteiger partial charge is 0.342 e. The topological polar surface area (TPSA) is 60.6 Å². The minimum absolute atomic E-state index is 0.301. The molecule has 0 amide bonds. The van der Waals surface area contributed by atoms with Crippen LogP contribution in [0, 0.1) is 0 Å². The van der Waals surface area contributed by atoms with E-state index in [1.165, 1.54) is 0 Å².